The van der Waals surface area contributed by atoms with Gasteiger partial charge in [0.1, 0.15) is 12.1 Å². The minimum atomic E-state index is -0.217. The second-order valence-electron chi connectivity index (χ2n) is 3.39. The van der Waals surface area contributed by atoms with Crippen LogP contribution in [-0.4, -0.2) is 17.0 Å². The third-order valence-corrected chi connectivity index (χ3v) is 2.33. The van der Waals surface area contributed by atoms with Crippen LogP contribution in [0.4, 0.5) is 4.39 Å². The first-order valence-corrected chi connectivity index (χ1v) is 5.01. The molecule has 0 spiro atoms. The van der Waals surface area contributed by atoms with Crippen LogP contribution in [0, 0.1) is 5.82 Å². The summed E-state index contributed by atoms with van der Waals surface area (Å²) >= 11 is 0. The van der Waals surface area contributed by atoms with Gasteiger partial charge in [0.05, 0.1) is 5.69 Å². The molecule has 2 aromatic rings. The third-order valence-electron chi connectivity index (χ3n) is 2.33. The first-order valence-electron chi connectivity index (χ1n) is 5.01. The number of hydrogen-bond donors (Lipinski definition) is 1. The molecule has 0 radical (unpaired) electrons. The van der Waals surface area contributed by atoms with Gasteiger partial charge in [-0.05, 0) is 19.2 Å². The zero-order valence-corrected chi connectivity index (χ0v) is 8.94. The largest absolute Gasteiger partial charge is 0.316 e. The van der Waals surface area contributed by atoms with Gasteiger partial charge in [0.15, 0.2) is 0 Å². The molecule has 4 heteroatoms. The van der Waals surface area contributed by atoms with E-state index in [0.717, 1.165) is 11.3 Å². The highest BCUT2D eigenvalue weighted by atomic mass is 19.1. The number of nitrogens with zero attached hydrogens (tertiary/aromatic N) is 2. The highest BCUT2D eigenvalue weighted by Gasteiger charge is 2.09. The lowest BCUT2D eigenvalue weighted by atomic mass is 10.0. The summed E-state index contributed by atoms with van der Waals surface area (Å²) < 4.78 is 13.6. The van der Waals surface area contributed by atoms with Gasteiger partial charge in [0.2, 0.25) is 0 Å². The van der Waals surface area contributed by atoms with Crippen molar-refractivity contribution in [2.75, 3.05) is 7.05 Å². The molecule has 0 aliphatic rings. The van der Waals surface area contributed by atoms with Crippen molar-refractivity contribution >= 4 is 0 Å². The molecule has 3 nitrogen and oxygen atoms in total. The predicted molar refractivity (Wildman–Crippen MR) is 60.2 cm³/mol. The fraction of sp³-hybridized carbons (Fsp3) is 0.167. The summed E-state index contributed by atoms with van der Waals surface area (Å²) in [6, 6.07) is 6.77. The number of hydrogen-bond acceptors (Lipinski definition) is 3. The molecule has 1 aromatic carbocycles. The van der Waals surface area contributed by atoms with E-state index in [2.05, 4.69) is 15.3 Å². The monoisotopic (exact) mass is 217 g/mol. The van der Waals surface area contributed by atoms with E-state index >= 15 is 0 Å². The van der Waals surface area contributed by atoms with Crippen LogP contribution in [0.15, 0.2) is 36.8 Å². The van der Waals surface area contributed by atoms with Gasteiger partial charge < -0.3 is 5.32 Å². The van der Waals surface area contributed by atoms with Gasteiger partial charge >= 0.3 is 0 Å². The van der Waals surface area contributed by atoms with Crippen molar-refractivity contribution in [3.8, 4) is 11.3 Å². The quantitative estimate of drug-likeness (QED) is 0.854. The molecule has 0 unspecified atom stereocenters. The fourth-order valence-electron chi connectivity index (χ4n) is 1.61. The summed E-state index contributed by atoms with van der Waals surface area (Å²) in [6.07, 6.45) is 3.11. The number of aromatic nitrogens is 2. The molecule has 2 rings (SSSR count). The molecule has 0 fully saturated rings. The molecule has 16 heavy (non-hydrogen) atoms. The smallest absolute Gasteiger partial charge is 0.128 e. The van der Waals surface area contributed by atoms with E-state index in [1.165, 1.54) is 12.4 Å². The molecule has 82 valence electrons. The molecule has 0 amide bonds. The van der Waals surface area contributed by atoms with Crippen molar-refractivity contribution in [2.24, 2.45) is 0 Å². The summed E-state index contributed by atoms with van der Waals surface area (Å²) in [5, 5.41) is 2.95. The summed E-state index contributed by atoms with van der Waals surface area (Å²) in [5.41, 5.74) is 2.17. The highest BCUT2D eigenvalue weighted by Crippen LogP contribution is 2.23. The van der Waals surface area contributed by atoms with E-state index in [1.54, 1.807) is 25.4 Å². The lowest BCUT2D eigenvalue weighted by Crippen LogP contribution is -2.08. The maximum atomic E-state index is 13.6. The Labute approximate surface area is 93.4 Å². The van der Waals surface area contributed by atoms with Crippen LogP contribution in [0.25, 0.3) is 11.3 Å². The average molecular weight is 217 g/mol. The summed E-state index contributed by atoms with van der Waals surface area (Å²) in [5.74, 6) is -0.217. The Bertz CT molecular complexity index is 471. The van der Waals surface area contributed by atoms with Crippen LogP contribution in [0.3, 0.4) is 0 Å². The minimum Gasteiger partial charge on any atom is -0.316 e. The normalized spacial score (nSPS) is 10.4. The van der Waals surface area contributed by atoms with Crippen LogP contribution in [0.5, 0.6) is 0 Å². The Morgan fingerprint density at radius 1 is 1.31 bits per heavy atom. The topological polar surface area (TPSA) is 37.8 Å². The molecule has 1 aromatic heterocycles. The molecule has 0 bridgehead atoms. The van der Waals surface area contributed by atoms with Crippen LogP contribution in [-0.2, 0) is 6.54 Å². The van der Waals surface area contributed by atoms with E-state index in [9.17, 15) is 4.39 Å². The van der Waals surface area contributed by atoms with Crippen molar-refractivity contribution in [2.45, 2.75) is 6.54 Å². The highest BCUT2D eigenvalue weighted by molar-refractivity contribution is 5.63. The zero-order valence-electron chi connectivity index (χ0n) is 8.94. The SMILES string of the molecule is CNCc1c(F)cccc1-c1ccncn1. The Hall–Kier alpha value is -1.81. The molecule has 0 atom stereocenters. The molecule has 0 aliphatic heterocycles. The van der Waals surface area contributed by atoms with Gasteiger partial charge in [-0.25, -0.2) is 14.4 Å². The van der Waals surface area contributed by atoms with Crippen LogP contribution < -0.4 is 5.32 Å². The van der Waals surface area contributed by atoms with Crippen LogP contribution >= 0.6 is 0 Å². The number of rotatable bonds is 3. The van der Waals surface area contributed by atoms with Gasteiger partial charge in [-0.1, -0.05) is 12.1 Å². The Balaban J connectivity index is 2.52. The second kappa shape index (κ2) is 4.81. The molecule has 0 aliphatic carbocycles. The molecule has 1 N–H and O–H groups in total. The van der Waals surface area contributed by atoms with Crippen molar-refractivity contribution in [1.82, 2.24) is 15.3 Å². The van der Waals surface area contributed by atoms with Gasteiger partial charge in [0, 0.05) is 23.9 Å². The Kier molecular flexibility index (Phi) is 3.22. The summed E-state index contributed by atoms with van der Waals surface area (Å²) in [4.78, 5) is 7.98. The summed E-state index contributed by atoms with van der Waals surface area (Å²) in [7, 11) is 1.79. The third kappa shape index (κ3) is 2.06. The summed E-state index contributed by atoms with van der Waals surface area (Å²) in [6.45, 7) is 0.478. The van der Waals surface area contributed by atoms with Crippen molar-refractivity contribution in [3.63, 3.8) is 0 Å². The molecule has 0 saturated carbocycles. The maximum absolute atomic E-state index is 13.6. The van der Waals surface area contributed by atoms with E-state index in [4.69, 9.17) is 0 Å². The average Bonchev–Trinajstić information content (AvgIpc) is 2.33. The molecule has 0 saturated heterocycles. The van der Waals surface area contributed by atoms with Crippen molar-refractivity contribution in [3.05, 3.63) is 48.2 Å². The Morgan fingerprint density at radius 2 is 2.19 bits per heavy atom. The first kappa shape index (κ1) is 10.7. The van der Waals surface area contributed by atoms with Gasteiger partial charge in [-0.2, -0.15) is 0 Å². The fourth-order valence-corrected chi connectivity index (χ4v) is 1.61. The van der Waals surface area contributed by atoms with Gasteiger partial charge in [-0.15, -0.1) is 0 Å². The first-order chi connectivity index (χ1) is 7.83. The predicted octanol–water partition coefficient (Wildman–Crippen LogP) is 2.00. The number of benzene rings is 1. The lowest BCUT2D eigenvalue weighted by molar-refractivity contribution is 0.602. The van der Waals surface area contributed by atoms with Crippen LogP contribution in [0.1, 0.15) is 5.56 Å². The van der Waals surface area contributed by atoms with Crippen LogP contribution in [0.2, 0.25) is 0 Å². The van der Waals surface area contributed by atoms with E-state index < -0.39 is 0 Å². The maximum Gasteiger partial charge on any atom is 0.128 e. The second-order valence-corrected chi connectivity index (χ2v) is 3.39. The Morgan fingerprint density at radius 3 is 2.88 bits per heavy atom. The zero-order chi connectivity index (χ0) is 11.4. The lowest BCUT2D eigenvalue weighted by Gasteiger charge is -2.09. The standard InChI is InChI=1S/C12H12FN3/c1-14-7-10-9(3-2-4-11(10)13)12-5-6-15-8-16-12/h2-6,8,14H,7H2,1H3. The van der Waals surface area contributed by atoms with E-state index in [0.29, 0.717) is 12.1 Å². The van der Waals surface area contributed by atoms with E-state index in [-0.39, 0.29) is 5.82 Å². The van der Waals surface area contributed by atoms with Gasteiger partial charge in [0.25, 0.3) is 0 Å². The van der Waals surface area contributed by atoms with E-state index in [1.807, 2.05) is 6.07 Å². The van der Waals surface area contributed by atoms with Gasteiger partial charge in [-0.3, -0.25) is 0 Å². The molecular weight excluding hydrogens is 205 g/mol. The minimum absolute atomic E-state index is 0.217. The molecular formula is C12H12FN3. The van der Waals surface area contributed by atoms with Crippen molar-refractivity contribution < 1.29 is 4.39 Å². The van der Waals surface area contributed by atoms with Crippen molar-refractivity contribution in [1.29, 1.82) is 0 Å². The number of nitrogens with one attached hydrogen (secondary N) is 1. The molecule has 1 heterocycles. The number of halogens is 1.